The van der Waals surface area contributed by atoms with E-state index in [2.05, 4.69) is 20.4 Å². The van der Waals surface area contributed by atoms with Gasteiger partial charge in [-0.05, 0) is 61.7 Å². The predicted octanol–water partition coefficient (Wildman–Crippen LogP) is 4.97. The SMILES string of the molecule is COc1cccc(CNC(=O)CCc2c(C)nc3nc(-c4ccc(Cl)cc4Cl)nn3c2C)c1. The van der Waals surface area contributed by atoms with Crippen LogP contribution in [-0.2, 0) is 17.8 Å². The van der Waals surface area contributed by atoms with Crippen molar-refractivity contribution in [1.82, 2.24) is 24.9 Å². The molecule has 33 heavy (non-hydrogen) atoms. The summed E-state index contributed by atoms with van der Waals surface area (Å²) in [5.41, 5.74) is 4.35. The molecule has 7 nitrogen and oxygen atoms in total. The largest absolute Gasteiger partial charge is 0.497 e. The summed E-state index contributed by atoms with van der Waals surface area (Å²) in [4.78, 5) is 21.6. The minimum atomic E-state index is -0.0380. The lowest BCUT2D eigenvalue weighted by molar-refractivity contribution is -0.121. The van der Waals surface area contributed by atoms with Gasteiger partial charge in [-0.15, -0.1) is 5.10 Å². The quantitative estimate of drug-likeness (QED) is 0.401. The maximum absolute atomic E-state index is 12.5. The first-order valence-electron chi connectivity index (χ1n) is 10.4. The summed E-state index contributed by atoms with van der Waals surface area (Å²) in [6.45, 7) is 4.31. The minimum Gasteiger partial charge on any atom is -0.497 e. The second-order valence-electron chi connectivity index (χ2n) is 7.66. The molecule has 0 bridgehead atoms. The van der Waals surface area contributed by atoms with Crippen molar-refractivity contribution in [3.8, 4) is 17.1 Å². The Morgan fingerprint density at radius 1 is 1.12 bits per heavy atom. The lowest BCUT2D eigenvalue weighted by atomic mass is 10.1. The van der Waals surface area contributed by atoms with Crippen LogP contribution >= 0.6 is 23.2 Å². The molecule has 0 radical (unpaired) electrons. The van der Waals surface area contributed by atoms with Gasteiger partial charge in [0.15, 0.2) is 5.82 Å². The second kappa shape index (κ2) is 9.77. The standard InChI is InChI=1S/C24H23Cl2N5O2/c1-14-19(9-10-22(32)27-13-16-5-4-6-18(11-16)33-3)15(2)31-24(28-14)29-23(30-31)20-8-7-17(25)12-21(20)26/h4-8,11-12H,9-10,13H2,1-3H3,(H,27,32). The second-order valence-corrected chi connectivity index (χ2v) is 8.50. The number of fused-ring (bicyclic) bond motifs is 1. The first-order valence-corrected chi connectivity index (χ1v) is 11.2. The van der Waals surface area contributed by atoms with Crippen molar-refractivity contribution in [2.45, 2.75) is 33.2 Å². The molecule has 0 spiro atoms. The number of amides is 1. The summed E-state index contributed by atoms with van der Waals surface area (Å²) in [7, 11) is 1.62. The minimum absolute atomic E-state index is 0.0380. The van der Waals surface area contributed by atoms with Crippen molar-refractivity contribution in [2.24, 2.45) is 0 Å². The number of methoxy groups -OCH3 is 1. The molecule has 1 amide bonds. The van der Waals surface area contributed by atoms with Crippen molar-refractivity contribution < 1.29 is 9.53 Å². The lowest BCUT2D eigenvalue weighted by Gasteiger charge is -2.11. The first kappa shape index (κ1) is 23.0. The normalized spacial score (nSPS) is 11.1. The van der Waals surface area contributed by atoms with Gasteiger partial charge >= 0.3 is 0 Å². The van der Waals surface area contributed by atoms with E-state index in [1.807, 2.05) is 38.1 Å². The summed E-state index contributed by atoms with van der Waals surface area (Å²) in [5, 5.41) is 8.57. The maximum atomic E-state index is 12.5. The number of ether oxygens (including phenoxy) is 1. The van der Waals surface area contributed by atoms with Crippen LogP contribution in [0.25, 0.3) is 17.2 Å². The van der Waals surface area contributed by atoms with E-state index in [9.17, 15) is 4.79 Å². The Kier molecular flexibility index (Phi) is 6.81. The molecule has 2 heterocycles. The van der Waals surface area contributed by atoms with Gasteiger partial charge in [0, 0.05) is 34.9 Å². The smallest absolute Gasteiger partial charge is 0.253 e. The molecule has 0 aliphatic rings. The van der Waals surface area contributed by atoms with Crippen LogP contribution in [0.2, 0.25) is 10.0 Å². The van der Waals surface area contributed by atoms with Gasteiger partial charge in [0.05, 0.1) is 12.1 Å². The molecule has 0 saturated heterocycles. The Balaban J connectivity index is 1.49. The number of hydrogen-bond donors (Lipinski definition) is 1. The van der Waals surface area contributed by atoms with Crippen LogP contribution in [0.1, 0.15) is 28.9 Å². The molecule has 4 rings (SSSR count). The number of hydrogen-bond acceptors (Lipinski definition) is 5. The van der Waals surface area contributed by atoms with E-state index in [1.165, 1.54) is 0 Å². The molecule has 2 aromatic carbocycles. The lowest BCUT2D eigenvalue weighted by Crippen LogP contribution is -2.23. The highest BCUT2D eigenvalue weighted by atomic mass is 35.5. The molecular weight excluding hydrogens is 461 g/mol. The summed E-state index contributed by atoms with van der Waals surface area (Å²) in [5.74, 6) is 1.68. The van der Waals surface area contributed by atoms with E-state index in [-0.39, 0.29) is 5.91 Å². The molecule has 0 fully saturated rings. The van der Waals surface area contributed by atoms with Crippen molar-refractivity contribution in [2.75, 3.05) is 7.11 Å². The Labute approximate surface area is 201 Å². The van der Waals surface area contributed by atoms with Gasteiger partial charge in [-0.2, -0.15) is 4.98 Å². The van der Waals surface area contributed by atoms with Gasteiger partial charge < -0.3 is 10.1 Å². The molecule has 170 valence electrons. The van der Waals surface area contributed by atoms with E-state index in [4.69, 9.17) is 27.9 Å². The molecule has 0 aliphatic carbocycles. The van der Waals surface area contributed by atoms with Gasteiger partial charge in [-0.3, -0.25) is 4.79 Å². The third-order valence-electron chi connectivity index (χ3n) is 5.45. The van der Waals surface area contributed by atoms with Crippen LogP contribution in [0, 0.1) is 13.8 Å². The molecule has 2 aromatic heterocycles. The van der Waals surface area contributed by atoms with Crippen LogP contribution < -0.4 is 10.1 Å². The number of nitrogens with one attached hydrogen (secondary N) is 1. The number of halogens is 2. The average molecular weight is 484 g/mol. The highest BCUT2D eigenvalue weighted by Crippen LogP contribution is 2.29. The number of carbonyl (C=O) groups is 1. The molecule has 0 aliphatic heterocycles. The van der Waals surface area contributed by atoms with Crippen molar-refractivity contribution in [3.63, 3.8) is 0 Å². The molecule has 4 aromatic rings. The number of aryl methyl sites for hydroxylation is 2. The van der Waals surface area contributed by atoms with Crippen LogP contribution in [0.5, 0.6) is 5.75 Å². The fourth-order valence-corrected chi connectivity index (χ4v) is 4.16. The number of aromatic nitrogens is 4. The number of carbonyl (C=O) groups excluding carboxylic acids is 1. The number of rotatable bonds is 7. The van der Waals surface area contributed by atoms with Crippen LogP contribution in [0.15, 0.2) is 42.5 Å². The van der Waals surface area contributed by atoms with Crippen LogP contribution in [0.4, 0.5) is 0 Å². The van der Waals surface area contributed by atoms with E-state index in [0.717, 1.165) is 28.3 Å². The average Bonchev–Trinajstić information content (AvgIpc) is 3.21. The topological polar surface area (TPSA) is 81.4 Å². The third-order valence-corrected chi connectivity index (χ3v) is 5.99. The van der Waals surface area contributed by atoms with Crippen LogP contribution in [-0.4, -0.2) is 32.6 Å². The zero-order chi connectivity index (χ0) is 23.5. The summed E-state index contributed by atoms with van der Waals surface area (Å²) in [6, 6.07) is 12.8. The fraction of sp³-hybridized carbons (Fsp3) is 0.250. The summed E-state index contributed by atoms with van der Waals surface area (Å²) >= 11 is 12.3. The van der Waals surface area contributed by atoms with Crippen molar-refractivity contribution in [1.29, 1.82) is 0 Å². The summed E-state index contributed by atoms with van der Waals surface area (Å²) < 4.78 is 6.92. The number of nitrogens with zero attached hydrogens (tertiary/aromatic N) is 4. The Bertz CT molecular complexity index is 1340. The van der Waals surface area contributed by atoms with E-state index >= 15 is 0 Å². The highest BCUT2D eigenvalue weighted by molar-refractivity contribution is 6.36. The Hall–Kier alpha value is -3.16. The molecule has 1 N–H and O–H groups in total. The van der Waals surface area contributed by atoms with Crippen molar-refractivity contribution in [3.05, 3.63) is 75.0 Å². The first-order chi connectivity index (χ1) is 15.9. The highest BCUT2D eigenvalue weighted by Gasteiger charge is 2.17. The Morgan fingerprint density at radius 3 is 2.70 bits per heavy atom. The zero-order valence-electron chi connectivity index (χ0n) is 18.5. The third kappa shape index (κ3) is 5.10. The zero-order valence-corrected chi connectivity index (χ0v) is 20.0. The fourth-order valence-electron chi connectivity index (χ4n) is 3.67. The molecule has 9 heteroatoms. The summed E-state index contributed by atoms with van der Waals surface area (Å²) in [6.07, 6.45) is 0.880. The van der Waals surface area contributed by atoms with Gasteiger partial charge in [0.25, 0.3) is 5.78 Å². The van der Waals surface area contributed by atoms with E-state index < -0.39 is 0 Å². The predicted molar refractivity (Wildman–Crippen MR) is 129 cm³/mol. The molecular formula is C24H23Cl2N5O2. The molecule has 0 unspecified atom stereocenters. The van der Waals surface area contributed by atoms with Gasteiger partial charge in [0.2, 0.25) is 5.91 Å². The monoisotopic (exact) mass is 483 g/mol. The molecule has 0 atom stereocenters. The van der Waals surface area contributed by atoms with Crippen molar-refractivity contribution >= 4 is 34.9 Å². The van der Waals surface area contributed by atoms with Gasteiger partial charge in [-0.1, -0.05) is 35.3 Å². The molecule has 0 saturated carbocycles. The van der Waals surface area contributed by atoms with E-state index in [0.29, 0.717) is 46.6 Å². The Morgan fingerprint density at radius 2 is 1.94 bits per heavy atom. The van der Waals surface area contributed by atoms with Crippen LogP contribution in [0.3, 0.4) is 0 Å². The van der Waals surface area contributed by atoms with Gasteiger partial charge in [0.1, 0.15) is 5.75 Å². The van der Waals surface area contributed by atoms with E-state index in [1.54, 1.807) is 29.8 Å². The maximum Gasteiger partial charge on any atom is 0.253 e. The van der Waals surface area contributed by atoms with Gasteiger partial charge in [-0.25, -0.2) is 9.50 Å². The number of benzene rings is 2.